The molecule has 10 heteroatoms. The Bertz CT molecular complexity index is 156. The van der Waals surface area contributed by atoms with Crippen LogP contribution in [0, 0.1) is 0 Å². The van der Waals surface area contributed by atoms with Crippen LogP contribution in [0.3, 0.4) is 0 Å². The van der Waals surface area contributed by atoms with Gasteiger partial charge in [-0.15, -0.1) is 12.6 Å². The van der Waals surface area contributed by atoms with Crippen molar-refractivity contribution in [3.05, 3.63) is 0 Å². The van der Waals surface area contributed by atoms with Gasteiger partial charge in [0.05, 0.1) is 17.4 Å². The van der Waals surface area contributed by atoms with Crippen LogP contribution in [0.25, 0.3) is 0 Å². The summed E-state index contributed by atoms with van der Waals surface area (Å²) >= 11 is 14.0. The molecule has 0 saturated carbocycles. The topological polar surface area (TPSA) is 115 Å². The largest absolute Gasteiger partial charge is 0.481 e. The van der Waals surface area contributed by atoms with Crippen LogP contribution >= 0.6 is 50.5 Å². The molecule has 4 N–H and O–H groups in total. The van der Waals surface area contributed by atoms with Crippen molar-refractivity contribution in [2.24, 2.45) is 0 Å². The predicted molar refractivity (Wildman–Crippen MR) is 75.0 cm³/mol. The normalized spacial score (nSPS) is 7.06. The minimum atomic E-state index is -0.881. The van der Waals surface area contributed by atoms with Crippen molar-refractivity contribution < 1.29 is 30.0 Å². The third-order valence-electron chi connectivity index (χ3n) is 0.490. The number of hydrogen-bond acceptors (Lipinski definition) is 8. The Balaban J connectivity index is -0.0000000710. The Hall–Kier alpha value is 0.260. The molecule has 16 heavy (non-hydrogen) atoms. The Morgan fingerprint density at radius 1 is 1.06 bits per heavy atom. The number of rotatable bonds is 3. The van der Waals surface area contributed by atoms with Gasteiger partial charge in [0, 0.05) is 0 Å². The highest BCUT2D eigenvalue weighted by Gasteiger charge is 1.92. The number of aliphatic hydroxyl groups is 1. The molecule has 6 nitrogen and oxygen atoms in total. The molecule has 0 amide bonds. The molecule has 0 aliphatic carbocycles. The number of carboxylic acid groups (broad SMARTS) is 1. The Labute approximate surface area is 116 Å². The molecule has 0 aromatic carbocycles. The highest BCUT2D eigenvalue weighted by atomic mass is 32.1. The van der Waals surface area contributed by atoms with Crippen molar-refractivity contribution in [3.8, 4) is 0 Å². The Kier molecular flexibility index (Phi) is 38.5. The highest BCUT2D eigenvalue weighted by Crippen LogP contribution is 1.82. The minimum Gasteiger partial charge on any atom is -0.481 e. The fourth-order valence-electron chi connectivity index (χ4n) is 0.118. The molecule has 100 valence electrons. The first-order valence-corrected chi connectivity index (χ1v) is 5.94. The van der Waals surface area contributed by atoms with Crippen molar-refractivity contribution >= 4 is 62.5 Å². The van der Waals surface area contributed by atoms with Gasteiger partial charge in [-0.1, -0.05) is 0 Å². The summed E-state index contributed by atoms with van der Waals surface area (Å²) in [5.41, 5.74) is 0. The van der Waals surface area contributed by atoms with Crippen molar-refractivity contribution in [2.45, 2.75) is 0 Å². The molecule has 0 radical (unpaired) electrons. The number of thiol groups is 4. The minimum absolute atomic E-state index is 0. The lowest BCUT2D eigenvalue weighted by Crippen LogP contribution is -2.02. The predicted octanol–water partition coefficient (Wildman–Crippen LogP) is -0.611. The monoisotopic (exact) mass is 312 g/mol. The van der Waals surface area contributed by atoms with Gasteiger partial charge in [0.2, 0.25) is 0 Å². The van der Waals surface area contributed by atoms with Crippen LogP contribution in [0.4, 0.5) is 0 Å². The number of carbonyl (C=O) groups excluding carboxylic acids is 1. The molecular formula is C6H16O6S4. The second kappa shape index (κ2) is 24.5. The van der Waals surface area contributed by atoms with Crippen LogP contribution in [0.2, 0.25) is 0 Å². The smallest absolute Gasteiger partial charge is 0.316 e. The summed E-state index contributed by atoms with van der Waals surface area (Å²) in [5.74, 6) is -1.09. The zero-order valence-corrected chi connectivity index (χ0v) is 11.8. The summed E-state index contributed by atoms with van der Waals surface area (Å²) in [6.45, 7) is 0. The Morgan fingerprint density at radius 2 is 1.38 bits per heavy atom. The van der Waals surface area contributed by atoms with Crippen LogP contribution in [0.15, 0.2) is 0 Å². The van der Waals surface area contributed by atoms with Crippen molar-refractivity contribution in [2.75, 3.05) is 23.4 Å². The third kappa shape index (κ3) is 47.6. The van der Waals surface area contributed by atoms with E-state index in [9.17, 15) is 9.59 Å². The maximum Gasteiger partial charge on any atom is 0.316 e. The lowest BCUT2D eigenvalue weighted by molar-refractivity contribution is -0.138. The molecule has 0 aromatic rings. The zero-order chi connectivity index (χ0) is 12.7. The average Bonchev–Trinajstić information content (AvgIpc) is 2.20. The lowest BCUT2D eigenvalue weighted by atomic mass is 10.8. The van der Waals surface area contributed by atoms with Gasteiger partial charge >= 0.3 is 11.9 Å². The summed E-state index contributed by atoms with van der Waals surface area (Å²) in [7, 11) is 0. The zero-order valence-electron chi connectivity index (χ0n) is 8.24. The van der Waals surface area contributed by atoms with E-state index in [0.29, 0.717) is 0 Å². The van der Waals surface area contributed by atoms with Gasteiger partial charge < -0.3 is 20.4 Å². The van der Waals surface area contributed by atoms with Gasteiger partial charge in [-0.25, -0.2) is 0 Å². The second-order valence-corrected chi connectivity index (χ2v) is 2.67. The van der Waals surface area contributed by atoms with E-state index in [0.717, 1.165) is 0 Å². The standard InChI is InChI=1S/C3H6O2S2.C2H4O2S.CH4OS.H2O/c4-3(1-6)5-2-7;3-2(4)1-5;2-1-3;/h6-7H,1-2H2;5H,1H2,(H,3,4);2-3H,1H2;1H2. The maximum absolute atomic E-state index is 10.1. The molecule has 0 aliphatic heterocycles. The van der Waals surface area contributed by atoms with Gasteiger partial charge in [-0.3, -0.25) is 9.59 Å². The first-order chi connectivity index (χ1) is 6.99. The summed E-state index contributed by atoms with van der Waals surface area (Å²) in [4.78, 5) is 19.4. The van der Waals surface area contributed by atoms with Crippen LogP contribution in [-0.4, -0.2) is 51.0 Å². The van der Waals surface area contributed by atoms with E-state index < -0.39 is 5.97 Å². The number of carboxylic acids is 1. The van der Waals surface area contributed by atoms with Gasteiger partial charge in [0.1, 0.15) is 5.94 Å². The van der Waals surface area contributed by atoms with E-state index in [4.69, 9.17) is 10.2 Å². The number of esters is 1. The summed E-state index contributed by atoms with van der Waals surface area (Å²) < 4.78 is 4.34. The maximum atomic E-state index is 10.1. The first kappa shape index (κ1) is 25.2. The van der Waals surface area contributed by atoms with E-state index in [1.165, 1.54) is 0 Å². The van der Waals surface area contributed by atoms with Crippen LogP contribution in [-0.2, 0) is 14.3 Å². The van der Waals surface area contributed by atoms with E-state index in [1.807, 2.05) is 0 Å². The molecule has 0 spiro atoms. The fraction of sp³-hybridized carbons (Fsp3) is 0.667. The van der Waals surface area contributed by atoms with Crippen molar-refractivity contribution in [3.63, 3.8) is 0 Å². The van der Waals surface area contributed by atoms with Crippen molar-refractivity contribution in [1.82, 2.24) is 0 Å². The number of aliphatic carboxylic acids is 1. The van der Waals surface area contributed by atoms with Crippen LogP contribution in [0.5, 0.6) is 0 Å². The SMILES string of the molecule is O.O=C(CS)OCS.O=C(O)CS.OCS. The van der Waals surface area contributed by atoms with Crippen molar-refractivity contribution in [1.29, 1.82) is 0 Å². The number of carbonyl (C=O) groups is 2. The number of aliphatic hydroxyl groups excluding tert-OH is 1. The lowest BCUT2D eigenvalue weighted by Gasteiger charge is -1.92. The highest BCUT2D eigenvalue weighted by molar-refractivity contribution is 7.81. The fourth-order valence-corrected chi connectivity index (χ4v) is 0.353. The second-order valence-electron chi connectivity index (χ2n) is 1.50. The van der Waals surface area contributed by atoms with Gasteiger partial charge in [0.15, 0.2) is 0 Å². The molecule has 0 aromatic heterocycles. The molecule has 0 atom stereocenters. The number of ether oxygens (including phenoxy) is 1. The molecular weight excluding hydrogens is 296 g/mol. The summed E-state index contributed by atoms with van der Waals surface area (Å²) in [6.07, 6.45) is 0. The van der Waals surface area contributed by atoms with Gasteiger partial charge in [-0.05, 0) is 0 Å². The van der Waals surface area contributed by atoms with E-state index in [2.05, 4.69) is 55.3 Å². The summed E-state index contributed by atoms with van der Waals surface area (Å²) in [5, 5.41) is 15.1. The van der Waals surface area contributed by atoms with E-state index in [1.54, 1.807) is 0 Å². The molecule has 0 heterocycles. The first-order valence-electron chi connectivity index (χ1n) is 3.41. The number of hydrogen-bond donors (Lipinski definition) is 6. The Morgan fingerprint density at radius 3 is 1.44 bits per heavy atom. The molecule has 0 unspecified atom stereocenters. The van der Waals surface area contributed by atoms with Gasteiger partial charge in [-0.2, -0.15) is 37.9 Å². The quantitative estimate of drug-likeness (QED) is 0.236. The van der Waals surface area contributed by atoms with Crippen LogP contribution < -0.4 is 0 Å². The molecule has 0 saturated heterocycles. The molecule has 0 aliphatic rings. The van der Waals surface area contributed by atoms with Crippen LogP contribution in [0.1, 0.15) is 0 Å². The third-order valence-corrected chi connectivity index (χ3v) is 1.15. The average molecular weight is 312 g/mol. The summed E-state index contributed by atoms with van der Waals surface area (Å²) in [6, 6.07) is 0. The van der Waals surface area contributed by atoms with E-state index in [-0.39, 0.29) is 34.8 Å². The molecule has 0 bridgehead atoms. The molecule has 0 fully saturated rings. The van der Waals surface area contributed by atoms with Gasteiger partial charge in [0.25, 0.3) is 0 Å². The van der Waals surface area contributed by atoms with E-state index >= 15 is 0 Å². The molecule has 0 rings (SSSR count).